The smallest absolute Gasteiger partial charge is 0.124 e. The maximum Gasteiger partial charge on any atom is 0.124 e. The summed E-state index contributed by atoms with van der Waals surface area (Å²) in [4.78, 5) is 0. The molecule has 1 atom stereocenters. The lowest BCUT2D eigenvalue weighted by molar-refractivity contribution is 0.305. The molecule has 0 fully saturated rings. The van der Waals surface area contributed by atoms with Gasteiger partial charge in [-0.2, -0.15) is 0 Å². The molecule has 0 radical (unpaired) electrons. The van der Waals surface area contributed by atoms with Crippen LogP contribution >= 0.6 is 11.6 Å². The molecular weight excluding hydrogens is 289 g/mol. The summed E-state index contributed by atoms with van der Waals surface area (Å²) in [5, 5.41) is 0.379. The Morgan fingerprint density at radius 2 is 2.10 bits per heavy atom. The Labute approximate surface area is 128 Å². The Morgan fingerprint density at radius 1 is 1.24 bits per heavy atom. The molecule has 3 rings (SSSR count). The molecule has 110 valence electrons. The highest BCUT2D eigenvalue weighted by Crippen LogP contribution is 2.31. The second-order valence-corrected chi connectivity index (χ2v) is 5.79. The van der Waals surface area contributed by atoms with Crippen LogP contribution in [0.4, 0.5) is 4.39 Å². The van der Waals surface area contributed by atoms with E-state index in [0.29, 0.717) is 11.6 Å². The first-order chi connectivity index (χ1) is 10.1. The molecule has 0 saturated heterocycles. The molecule has 2 aromatic carbocycles. The molecule has 4 heteroatoms. The van der Waals surface area contributed by atoms with E-state index in [1.807, 2.05) is 12.1 Å². The zero-order valence-electron chi connectivity index (χ0n) is 11.6. The predicted molar refractivity (Wildman–Crippen MR) is 82.1 cm³/mol. The van der Waals surface area contributed by atoms with Crippen molar-refractivity contribution in [2.75, 3.05) is 0 Å². The van der Waals surface area contributed by atoms with Crippen molar-refractivity contribution in [3.8, 4) is 5.75 Å². The molecule has 0 bridgehead atoms. The second-order valence-electron chi connectivity index (χ2n) is 5.38. The third kappa shape index (κ3) is 3.20. The first kappa shape index (κ1) is 14.4. The summed E-state index contributed by atoms with van der Waals surface area (Å²) in [6.45, 7) is 0.313. The predicted octanol–water partition coefficient (Wildman–Crippen LogP) is 4.39. The van der Waals surface area contributed by atoms with Crippen LogP contribution in [-0.2, 0) is 13.0 Å². The van der Waals surface area contributed by atoms with Gasteiger partial charge in [0, 0.05) is 11.6 Å². The van der Waals surface area contributed by atoms with Crippen LogP contribution in [0.15, 0.2) is 36.4 Å². The molecule has 1 aliphatic carbocycles. The van der Waals surface area contributed by atoms with E-state index in [4.69, 9.17) is 22.1 Å². The van der Waals surface area contributed by atoms with Crippen LogP contribution in [0.5, 0.6) is 5.75 Å². The van der Waals surface area contributed by atoms with Crippen LogP contribution in [0, 0.1) is 5.82 Å². The summed E-state index contributed by atoms with van der Waals surface area (Å²) in [6.07, 6.45) is 3.23. The lowest BCUT2D eigenvalue weighted by Gasteiger charge is -2.22. The largest absolute Gasteiger partial charge is 0.489 e. The first-order valence-corrected chi connectivity index (χ1v) is 7.46. The van der Waals surface area contributed by atoms with Gasteiger partial charge in [0.05, 0.1) is 5.02 Å². The van der Waals surface area contributed by atoms with Gasteiger partial charge in [-0.15, -0.1) is 0 Å². The van der Waals surface area contributed by atoms with E-state index in [1.165, 1.54) is 23.3 Å². The van der Waals surface area contributed by atoms with Gasteiger partial charge in [-0.25, -0.2) is 4.39 Å². The summed E-state index contributed by atoms with van der Waals surface area (Å²) in [7, 11) is 0. The summed E-state index contributed by atoms with van der Waals surface area (Å²) < 4.78 is 18.8. The molecule has 0 aromatic heterocycles. The molecular formula is C17H17ClFNO. The molecule has 0 heterocycles. The van der Waals surface area contributed by atoms with Crippen LogP contribution in [-0.4, -0.2) is 0 Å². The number of benzene rings is 2. The normalized spacial score (nSPS) is 17.4. The quantitative estimate of drug-likeness (QED) is 0.912. The Hall–Kier alpha value is -1.58. The van der Waals surface area contributed by atoms with Gasteiger partial charge in [-0.05, 0) is 54.7 Å². The third-order valence-electron chi connectivity index (χ3n) is 3.89. The molecule has 2 nitrogen and oxygen atoms in total. The SMILES string of the molecule is NC1CCCc2ccc(OCc3ccc(F)cc3Cl)cc21. The average Bonchev–Trinajstić information content (AvgIpc) is 2.47. The van der Waals surface area contributed by atoms with Gasteiger partial charge < -0.3 is 10.5 Å². The van der Waals surface area contributed by atoms with Gasteiger partial charge in [0.25, 0.3) is 0 Å². The summed E-state index contributed by atoms with van der Waals surface area (Å²) >= 11 is 5.99. The van der Waals surface area contributed by atoms with Gasteiger partial charge in [-0.1, -0.05) is 23.7 Å². The average molecular weight is 306 g/mol. The van der Waals surface area contributed by atoms with Gasteiger partial charge in [0.2, 0.25) is 0 Å². The summed E-state index contributed by atoms with van der Waals surface area (Å²) in [5.41, 5.74) is 9.39. The van der Waals surface area contributed by atoms with Crippen LogP contribution in [0.1, 0.15) is 35.6 Å². The van der Waals surface area contributed by atoms with Crippen LogP contribution in [0.25, 0.3) is 0 Å². The Balaban J connectivity index is 1.75. The number of rotatable bonds is 3. The minimum atomic E-state index is -0.344. The summed E-state index contributed by atoms with van der Waals surface area (Å²) in [6, 6.07) is 10.4. The van der Waals surface area contributed by atoms with Crippen molar-refractivity contribution in [2.45, 2.75) is 31.9 Å². The Bertz CT molecular complexity index is 659. The van der Waals surface area contributed by atoms with E-state index in [0.717, 1.165) is 30.6 Å². The fraction of sp³-hybridized carbons (Fsp3) is 0.294. The van der Waals surface area contributed by atoms with Crippen LogP contribution in [0.2, 0.25) is 5.02 Å². The van der Waals surface area contributed by atoms with Crippen molar-refractivity contribution < 1.29 is 9.13 Å². The molecule has 0 spiro atoms. The van der Waals surface area contributed by atoms with Gasteiger partial charge in [-0.3, -0.25) is 0 Å². The van der Waals surface area contributed by atoms with Crippen molar-refractivity contribution in [1.82, 2.24) is 0 Å². The van der Waals surface area contributed by atoms with E-state index >= 15 is 0 Å². The number of hydrogen-bond acceptors (Lipinski definition) is 2. The maximum absolute atomic E-state index is 13.0. The van der Waals surface area contributed by atoms with Crippen molar-refractivity contribution >= 4 is 11.6 Å². The Morgan fingerprint density at radius 3 is 2.90 bits per heavy atom. The third-order valence-corrected chi connectivity index (χ3v) is 4.24. The monoisotopic (exact) mass is 305 g/mol. The second kappa shape index (κ2) is 6.04. The van der Waals surface area contributed by atoms with E-state index < -0.39 is 0 Å². The molecule has 2 aromatic rings. The molecule has 1 unspecified atom stereocenters. The van der Waals surface area contributed by atoms with Crippen molar-refractivity contribution in [1.29, 1.82) is 0 Å². The number of hydrogen-bond donors (Lipinski definition) is 1. The van der Waals surface area contributed by atoms with E-state index in [1.54, 1.807) is 6.07 Å². The number of fused-ring (bicyclic) bond motifs is 1. The molecule has 0 aliphatic heterocycles. The summed E-state index contributed by atoms with van der Waals surface area (Å²) in [5.74, 6) is 0.426. The number of ether oxygens (including phenoxy) is 1. The maximum atomic E-state index is 13.0. The minimum absolute atomic E-state index is 0.0895. The van der Waals surface area contributed by atoms with Crippen molar-refractivity contribution in [2.24, 2.45) is 5.73 Å². The standard InChI is InChI=1S/C17H17ClFNO/c18-16-8-13(19)6-4-12(16)10-21-14-7-5-11-2-1-3-17(20)15(11)9-14/h4-9,17H,1-3,10,20H2. The highest BCUT2D eigenvalue weighted by atomic mass is 35.5. The fourth-order valence-corrected chi connectivity index (χ4v) is 2.93. The Kier molecular flexibility index (Phi) is 4.13. The van der Waals surface area contributed by atoms with Crippen molar-refractivity contribution in [3.05, 3.63) is 63.9 Å². The zero-order chi connectivity index (χ0) is 14.8. The van der Waals surface area contributed by atoms with Crippen LogP contribution in [0.3, 0.4) is 0 Å². The van der Waals surface area contributed by atoms with Crippen molar-refractivity contribution in [3.63, 3.8) is 0 Å². The van der Waals surface area contributed by atoms with Gasteiger partial charge in [0.15, 0.2) is 0 Å². The first-order valence-electron chi connectivity index (χ1n) is 7.08. The lowest BCUT2D eigenvalue weighted by Crippen LogP contribution is -2.17. The van der Waals surface area contributed by atoms with E-state index in [-0.39, 0.29) is 11.9 Å². The number of aryl methyl sites for hydroxylation is 1. The molecule has 0 saturated carbocycles. The van der Waals surface area contributed by atoms with E-state index in [9.17, 15) is 4.39 Å². The topological polar surface area (TPSA) is 35.2 Å². The van der Waals surface area contributed by atoms with Gasteiger partial charge in [0.1, 0.15) is 18.2 Å². The van der Waals surface area contributed by atoms with Crippen LogP contribution < -0.4 is 10.5 Å². The minimum Gasteiger partial charge on any atom is -0.489 e. The highest BCUT2D eigenvalue weighted by Gasteiger charge is 2.17. The number of halogens is 2. The lowest BCUT2D eigenvalue weighted by atomic mass is 9.88. The number of nitrogens with two attached hydrogens (primary N) is 1. The molecule has 0 amide bonds. The molecule has 21 heavy (non-hydrogen) atoms. The van der Waals surface area contributed by atoms with Gasteiger partial charge >= 0.3 is 0 Å². The highest BCUT2D eigenvalue weighted by molar-refractivity contribution is 6.31. The molecule has 1 aliphatic rings. The molecule has 2 N–H and O–H groups in total. The zero-order valence-corrected chi connectivity index (χ0v) is 12.4. The fourth-order valence-electron chi connectivity index (χ4n) is 2.70. The van der Waals surface area contributed by atoms with E-state index in [2.05, 4.69) is 6.07 Å².